The van der Waals surface area contributed by atoms with Crippen molar-refractivity contribution in [2.24, 2.45) is 5.41 Å². The number of likely N-dealkylation sites (tertiary alicyclic amines) is 1. The second-order valence-electron chi connectivity index (χ2n) is 7.24. The van der Waals surface area contributed by atoms with E-state index in [-0.39, 0.29) is 5.54 Å². The van der Waals surface area contributed by atoms with E-state index in [0.717, 1.165) is 19.8 Å². The van der Waals surface area contributed by atoms with E-state index in [9.17, 15) is 0 Å². The van der Waals surface area contributed by atoms with E-state index in [2.05, 4.69) is 31.0 Å². The Balaban J connectivity index is 1.93. The molecule has 1 unspecified atom stereocenters. The van der Waals surface area contributed by atoms with Gasteiger partial charge in [0.1, 0.15) is 0 Å². The van der Waals surface area contributed by atoms with E-state index in [0.29, 0.717) is 5.41 Å². The molecule has 2 fully saturated rings. The number of rotatable bonds is 4. The highest BCUT2D eigenvalue weighted by molar-refractivity contribution is 4.90. The Hall–Kier alpha value is -0.120. The van der Waals surface area contributed by atoms with Crippen molar-refractivity contribution in [3.8, 4) is 0 Å². The maximum Gasteiger partial charge on any atom is 0.0546 e. The second-order valence-corrected chi connectivity index (χ2v) is 7.24. The van der Waals surface area contributed by atoms with Crippen LogP contribution in [-0.2, 0) is 4.74 Å². The molecule has 18 heavy (non-hydrogen) atoms. The van der Waals surface area contributed by atoms with Crippen LogP contribution in [0.3, 0.4) is 0 Å². The van der Waals surface area contributed by atoms with Gasteiger partial charge in [0, 0.05) is 30.7 Å². The number of hydrogen-bond donors (Lipinski definition) is 1. The highest BCUT2D eigenvalue weighted by atomic mass is 16.5. The van der Waals surface area contributed by atoms with Gasteiger partial charge in [-0.2, -0.15) is 0 Å². The Morgan fingerprint density at radius 3 is 2.44 bits per heavy atom. The fraction of sp³-hybridized carbons (Fsp3) is 1.00. The first-order valence-electron chi connectivity index (χ1n) is 7.54. The van der Waals surface area contributed by atoms with Gasteiger partial charge in [0.15, 0.2) is 0 Å². The molecule has 2 aliphatic heterocycles. The van der Waals surface area contributed by atoms with Gasteiger partial charge in [-0.3, -0.25) is 0 Å². The molecule has 0 amide bonds. The molecule has 0 saturated carbocycles. The van der Waals surface area contributed by atoms with Gasteiger partial charge in [0.25, 0.3) is 0 Å². The van der Waals surface area contributed by atoms with Crippen molar-refractivity contribution in [1.29, 1.82) is 0 Å². The Kier molecular flexibility index (Phi) is 4.68. The summed E-state index contributed by atoms with van der Waals surface area (Å²) in [6.45, 7) is 13.5. The summed E-state index contributed by atoms with van der Waals surface area (Å²) in [5.74, 6) is 0. The summed E-state index contributed by atoms with van der Waals surface area (Å²) in [5.41, 5.74) is 0.547. The van der Waals surface area contributed by atoms with Gasteiger partial charge in [0.05, 0.1) is 6.61 Å². The summed E-state index contributed by atoms with van der Waals surface area (Å²) >= 11 is 0. The van der Waals surface area contributed by atoms with Crippen LogP contribution in [0.2, 0.25) is 0 Å². The van der Waals surface area contributed by atoms with Crippen LogP contribution in [0.4, 0.5) is 0 Å². The number of ether oxygens (including phenoxy) is 1. The molecule has 2 rings (SSSR count). The van der Waals surface area contributed by atoms with E-state index >= 15 is 0 Å². The largest absolute Gasteiger partial charge is 0.381 e. The van der Waals surface area contributed by atoms with Crippen LogP contribution in [0, 0.1) is 5.41 Å². The minimum absolute atomic E-state index is 0.204. The molecule has 0 spiro atoms. The molecule has 2 aliphatic rings. The number of hydrogen-bond acceptors (Lipinski definition) is 3. The summed E-state index contributed by atoms with van der Waals surface area (Å²) in [5, 5.41) is 3.70. The average Bonchev–Trinajstić information content (AvgIpc) is 2.80. The van der Waals surface area contributed by atoms with Crippen molar-refractivity contribution in [3.05, 3.63) is 0 Å². The molecule has 3 nitrogen and oxygen atoms in total. The minimum atomic E-state index is 0.204. The summed E-state index contributed by atoms with van der Waals surface area (Å²) in [7, 11) is 0. The van der Waals surface area contributed by atoms with Crippen LogP contribution in [-0.4, -0.2) is 49.8 Å². The van der Waals surface area contributed by atoms with Crippen LogP contribution in [0.5, 0.6) is 0 Å². The van der Waals surface area contributed by atoms with E-state index in [1.54, 1.807) is 0 Å². The predicted octanol–water partition coefficient (Wildman–Crippen LogP) is 2.27. The average molecular weight is 254 g/mol. The molecule has 2 heterocycles. The number of nitrogens with zero attached hydrogens (tertiary/aromatic N) is 1. The normalized spacial score (nSPS) is 30.8. The first-order chi connectivity index (χ1) is 8.49. The van der Waals surface area contributed by atoms with Gasteiger partial charge in [0.2, 0.25) is 0 Å². The minimum Gasteiger partial charge on any atom is -0.381 e. The standard InChI is InChI=1S/C15H30N2O/c1-14(2,3)16-11-15(7-6-10-18-13-15)12-17-8-4-5-9-17/h16H,4-13H2,1-3H3. The molecule has 0 bridgehead atoms. The van der Waals surface area contributed by atoms with Crippen LogP contribution in [0.15, 0.2) is 0 Å². The zero-order valence-corrected chi connectivity index (χ0v) is 12.4. The van der Waals surface area contributed by atoms with Gasteiger partial charge in [-0.15, -0.1) is 0 Å². The zero-order valence-electron chi connectivity index (χ0n) is 12.4. The summed E-state index contributed by atoms with van der Waals surface area (Å²) in [6, 6.07) is 0. The zero-order chi connectivity index (χ0) is 13.1. The van der Waals surface area contributed by atoms with E-state index in [1.807, 2.05) is 0 Å². The van der Waals surface area contributed by atoms with Crippen molar-refractivity contribution in [2.45, 2.75) is 52.0 Å². The smallest absolute Gasteiger partial charge is 0.0546 e. The molecule has 2 saturated heterocycles. The van der Waals surface area contributed by atoms with Crippen LogP contribution < -0.4 is 5.32 Å². The third-order valence-electron chi connectivity index (χ3n) is 4.16. The quantitative estimate of drug-likeness (QED) is 0.833. The molecule has 106 valence electrons. The van der Waals surface area contributed by atoms with Crippen LogP contribution in [0.25, 0.3) is 0 Å². The molecule has 0 aromatic rings. The third kappa shape index (κ3) is 4.22. The molecule has 0 aliphatic carbocycles. The Labute approximate surface area is 112 Å². The molecule has 0 radical (unpaired) electrons. The Morgan fingerprint density at radius 1 is 1.17 bits per heavy atom. The Morgan fingerprint density at radius 2 is 1.89 bits per heavy atom. The lowest BCUT2D eigenvalue weighted by Gasteiger charge is -2.41. The number of nitrogens with one attached hydrogen (secondary N) is 1. The molecule has 3 heteroatoms. The van der Waals surface area contributed by atoms with Gasteiger partial charge in [-0.05, 0) is 59.5 Å². The van der Waals surface area contributed by atoms with Crippen molar-refractivity contribution in [3.63, 3.8) is 0 Å². The fourth-order valence-electron chi connectivity index (χ4n) is 3.10. The third-order valence-corrected chi connectivity index (χ3v) is 4.16. The van der Waals surface area contributed by atoms with E-state index in [1.165, 1.54) is 45.3 Å². The van der Waals surface area contributed by atoms with Gasteiger partial charge in [-0.25, -0.2) is 0 Å². The lowest BCUT2D eigenvalue weighted by atomic mass is 9.81. The SMILES string of the molecule is CC(C)(C)NCC1(CN2CCCC2)CCCOC1. The van der Waals surface area contributed by atoms with Crippen molar-refractivity contribution >= 4 is 0 Å². The first kappa shape index (κ1) is 14.3. The molecule has 1 atom stereocenters. The maximum absolute atomic E-state index is 5.79. The van der Waals surface area contributed by atoms with E-state index < -0.39 is 0 Å². The fourth-order valence-corrected chi connectivity index (χ4v) is 3.10. The second kappa shape index (κ2) is 5.89. The first-order valence-corrected chi connectivity index (χ1v) is 7.54. The lowest BCUT2D eigenvalue weighted by Crippen LogP contribution is -2.52. The van der Waals surface area contributed by atoms with Gasteiger partial charge < -0.3 is 15.0 Å². The van der Waals surface area contributed by atoms with Crippen LogP contribution >= 0.6 is 0 Å². The molecule has 0 aromatic carbocycles. The van der Waals surface area contributed by atoms with Crippen LogP contribution in [0.1, 0.15) is 46.5 Å². The maximum atomic E-state index is 5.79. The lowest BCUT2D eigenvalue weighted by molar-refractivity contribution is -0.0256. The molecule has 1 N–H and O–H groups in total. The van der Waals surface area contributed by atoms with Crippen molar-refractivity contribution < 1.29 is 4.74 Å². The Bertz CT molecular complexity index is 248. The van der Waals surface area contributed by atoms with Gasteiger partial charge in [-0.1, -0.05) is 0 Å². The molecular formula is C15H30N2O. The van der Waals surface area contributed by atoms with Crippen molar-refractivity contribution in [1.82, 2.24) is 10.2 Å². The predicted molar refractivity (Wildman–Crippen MR) is 75.9 cm³/mol. The van der Waals surface area contributed by atoms with Gasteiger partial charge >= 0.3 is 0 Å². The molecule has 0 aromatic heterocycles. The highest BCUT2D eigenvalue weighted by Crippen LogP contribution is 2.31. The summed E-state index contributed by atoms with van der Waals surface area (Å²) in [6.07, 6.45) is 5.29. The summed E-state index contributed by atoms with van der Waals surface area (Å²) < 4.78 is 5.79. The monoisotopic (exact) mass is 254 g/mol. The van der Waals surface area contributed by atoms with E-state index in [4.69, 9.17) is 4.74 Å². The molecular weight excluding hydrogens is 224 g/mol. The topological polar surface area (TPSA) is 24.5 Å². The van der Waals surface area contributed by atoms with Crippen molar-refractivity contribution in [2.75, 3.05) is 39.4 Å². The summed E-state index contributed by atoms with van der Waals surface area (Å²) in [4.78, 5) is 2.64. The highest BCUT2D eigenvalue weighted by Gasteiger charge is 2.36.